The number of carbonyl (C=O) groups excluding carboxylic acids is 1. The van der Waals surface area contributed by atoms with Gasteiger partial charge in [0.2, 0.25) is 5.75 Å². The molecule has 0 spiro atoms. The Morgan fingerprint density at radius 1 is 1.00 bits per heavy atom. The van der Waals surface area contributed by atoms with Crippen molar-refractivity contribution in [3.05, 3.63) is 65.0 Å². The molecule has 1 unspecified atom stereocenters. The highest BCUT2D eigenvalue weighted by molar-refractivity contribution is 5.96. The van der Waals surface area contributed by atoms with Gasteiger partial charge in [0.05, 0.1) is 27.0 Å². The largest absolute Gasteiger partial charge is 0.493 e. The number of amides is 1. The first-order valence-corrected chi connectivity index (χ1v) is 13.0. The summed E-state index contributed by atoms with van der Waals surface area (Å²) in [7, 11) is 4.77. The zero-order chi connectivity index (χ0) is 26.8. The van der Waals surface area contributed by atoms with Crippen LogP contribution in [0.25, 0.3) is 11.1 Å². The number of ether oxygens (including phenoxy) is 4. The lowest BCUT2D eigenvalue weighted by molar-refractivity contribution is 0.0921. The molecule has 3 aromatic rings. The Kier molecular flexibility index (Phi) is 7.42. The summed E-state index contributed by atoms with van der Waals surface area (Å²) in [6.45, 7) is 2.03. The van der Waals surface area contributed by atoms with Crippen LogP contribution in [0.1, 0.15) is 59.0 Å². The predicted octanol–water partition coefficient (Wildman–Crippen LogP) is 4.76. The molecule has 0 radical (unpaired) electrons. The van der Waals surface area contributed by atoms with Gasteiger partial charge in [-0.25, -0.2) is 0 Å². The average Bonchev–Trinajstić information content (AvgIpc) is 3.38. The molecular weight excluding hydrogens is 482 g/mol. The van der Waals surface area contributed by atoms with Crippen molar-refractivity contribution in [1.29, 1.82) is 0 Å². The number of nitrogens with zero attached hydrogens (tertiary/aromatic N) is 1. The van der Waals surface area contributed by atoms with Crippen LogP contribution in [0.3, 0.4) is 0 Å². The van der Waals surface area contributed by atoms with E-state index in [0.29, 0.717) is 29.2 Å². The number of hydrogen-bond donors (Lipinski definition) is 2. The van der Waals surface area contributed by atoms with Crippen LogP contribution in [0, 0.1) is 6.92 Å². The van der Waals surface area contributed by atoms with Crippen LogP contribution in [-0.4, -0.2) is 44.3 Å². The molecule has 2 aliphatic rings. The molecule has 8 nitrogen and oxygen atoms in total. The number of fused-ring (bicyclic) bond motifs is 1. The maximum Gasteiger partial charge on any atom is 0.251 e. The van der Waals surface area contributed by atoms with Gasteiger partial charge < -0.3 is 30.0 Å². The van der Waals surface area contributed by atoms with E-state index in [4.69, 9.17) is 24.7 Å². The zero-order valence-electron chi connectivity index (χ0n) is 22.4. The van der Waals surface area contributed by atoms with Crippen molar-refractivity contribution in [2.75, 3.05) is 21.3 Å². The van der Waals surface area contributed by atoms with Crippen molar-refractivity contribution >= 4 is 5.91 Å². The van der Waals surface area contributed by atoms with Crippen LogP contribution in [0.2, 0.25) is 0 Å². The van der Waals surface area contributed by atoms with Crippen LogP contribution >= 0.6 is 0 Å². The molecule has 1 aliphatic heterocycles. The number of benzene rings is 2. The molecule has 2 aromatic carbocycles. The van der Waals surface area contributed by atoms with Crippen LogP contribution in [0.5, 0.6) is 23.0 Å². The van der Waals surface area contributed by atoms with Crippen LogP contribution in [-0.2, 0) is 6.42 Å². The fourth-order valence-electron chi connectivity index (χ4n) is 5.46. The Hall–Kier alpha value is -3.78. The molecule has 8 heteroatoms. The zero-order valence-corrected chi connectivity index (χ0v) is 22.4. The highest BCUT2D eigenvalue weighted by Crippen LogP contribution is 2.46. The number of pyridine rings is 1. The summed E-state index contributed by atoms with van der Waals surface area (Å²) in [5, 5.41) is 3.15. The van der Waals surface area contributed by atoms with E-state index in [1.807, 2.05) is 43.3 Å². The summed E-state index contributed by atoms with van der Waals surface area (Å²) >= 11 is 0. The van der Waals surface area contributed by atoms with Crippen molar-refractivity contribution in [2.24, 2.45) is 5.73 Å². The van der Waals surface area contributed by atoms with Crippen molar-refractivity contribution in [1.82, 2.24) is 10.3 Å². The van der Waals surface area contributed by atoms with Gasteiger partial charge in [-0.1, -0.05) is 18.9 Å². The fourth-order valence-corrected chi connectivity index (χ4v) is 5.46. The normalized spacial score (nSPS) is 20.3. The van der Waals surface area contributed by atoms with E-state index in [1.54, 1.807) is 27.5 Å². The van der Waals surface area contributed by atoms with E-state index in [2.05, 4.69) is 10.3 Å². The Bertz CT molecular complexity index is 1320. The number of carbonyl (C=O) groups is 1. The molecule has 3 atom stereocenters. The third-order valence-corrected chi connectivity index (χ3v) is 7.60. The number of aryl methyl sites for hydroxylation is 1. The average molecular weight is 518 g/mol. The monoisotopic (exact) mass is 517 g/mol. The van der Waals surface area contributed by atoms with E-state index in [0.717, 1.165) is 59.4 Å². The van der Waals surface area contributed by atoms with Crippen LogP contribution in [0.4, 0.5) is 0 Å². The minimum Gasteiger partial charge on any atom is -0.493 e. The number of nitrogens with two attached hydrogens (primary N) is 1. The smallest absolute Gasteiger partial charge is 0.251 e. The molecule has 1 aliphatic carbocycles. The van der Waals surface area contributed by atoms with Crippen molar-refractivity contribution in [3.8, 4) is 34.1 Å². The molecule has 200 valence electrons. The van der Waals surface area contributed by atoms with E-state index < -0.39 is 0 Å². The van der Waals surface area contributed by atoms with Crippen molar-refractivity contribution < 1.29 is 23.7 Å². The quantitative estimate of drug-likeness (QED) is 0.466. The Morgan fingerprint density at radius 3 is 2.42 bits per heavy atom. The summed E-state index contributed by atoms with van der Waals surface area (Å²) < 4.78 is 23.1. The first-order valence-electron chi connectivity index (χ1n) is 13.0. The number of methoxy groups -OCH3 is 3. The molecule has 5 rings (SSSR count). The van der Waals surface area contributed by atoms with Crippen LogP contribution in [0.15, 0.2) is 42.6 Å². The van der Waals surface area contributed by atoms with Crippen LogP contribution < -0.4 is 30.0 Å². The van der Waals surface area contributed by atoms with Crippen molar-refractivity contribution in [2.45, 2.75) is 57.2 Å². The lowest BCUT2D eigenvalue weighted by Crippen LogP contribution is -2.49. The third kappa shape index (κ3) is 4.88. The molecule has 2 heterocycles. The number of hydrogen-bond acceptors (Lipinski definition) is 7. The minimum absolute atomic E-state index is 0.00150. The second-order valence-electron chi connectivity index (χ2n) is 9.96. The minimum atomic E-state index is -0.271. The summed E-state index contributed by atoms with van der Waals surface area (Å²) in [6, 6.07) is 11.5. The molecule has 0 saturated heterocycles. The van der Waals surface area contributed by atoms with E-state index in [-0.39, 0.29) is 24.1 Å². The maximum atomic E-state index is 13.2. The maximum absolute atomic E-state index is 13.2. The second-order valence-corrected chi connectivity index (χ2v) is 9.96. The summed E-state index contributed by atoms with van der Waals surface area (Å²) in [4.78, 5) is 17.8. The van der Waals surface area contributed by atoms with Gasteiger partial charge in [0.1, 0.15) is 11.9 Å². The topological polar surface area (TPSA) is 105 Å². The van der Waals surface area contributed by atoms with Crippen molar-refractivity contribution in [3.63, 3.8) is 0 Å². The van der Waals surface area contributed by atoms with Gasteiger partial charge in [0.25, 0.3) is 5.91 Å². The number of nitrogens with one attached hydrogen (secondary N) is 1. The molecule has 1 aromatic heterocycles. The Balaban J connectivity index is 1.44. The first kappa shape index (κ1) is 25.9. The van der Waals surface area contributed by atoms with E-state index >= 15 is 0 Å². The second kappa shape index (κ2) is 10.9. The van der Waals surface area contributed by atoms with Gasteiger partial charge in [-0.05, 0) is 61.2 Å². The number of aromatic nitrogens is 1. The molecule has 0 bridgehead atoms. The fraction of sp³-hybridized carbons (Fsp3) is 0.400. The molecule has 1 fully saturated rings. The first-order chi connectivity index (χ1) is 18.4. The lowest BCUT2D eigenvalue weighted by Gasteiger charge is -2.29. The molecule has 1 amide bonds. The van der Waals surface area contributed by atoms with Gasteiger partial charge in [-0.15, -0.1) is 0 Å². The van der Waals surface area contributed by atoms with Gasteiger partial charge in [-0.3, -0.25) is 9.78 Å². The van der Waals surface area contributed by atoms with E-state index in [1.165, 1.54) is 0 Å². The standard InChI is InChI=1S/C30H35N3O5/c1-17-9-10-18(30(34)33-23-8-6-5-7-22(23)31)13-21(17)20-11-12-32-24-16-25(38-28(20)24)19-14-26(35-2)29(37-4)27(15-19)36-3/h9-15,22-23,25H,5-8,16,31H2,1-4H3,(H,33,34)/t22-,23+,25?/m0/s1. The summed E-state index contributed by atoms with van der Waals surface area (Å²) in [5.74, 6) is 2.30. The van der Waals surface area contributed by atoms with Gasteiger partial charge >= 0.3 is 0 Å². The van der Waals surface area contributed by atoms with Gasteiger partial charge in [-0.2, -0.15) is 0 Å². The molecular formula is C30H35N3O5. The predicted molar refractivity (Wildman–Crippen MR) is 145 cm³/mol. The lowest BCUT2D eigenvalue weighted by atomic mass is 9.90. The Morgan fingerprint density at radius 2 is 1.74 bits per heavy atom. The third-order valence-electron chi connectivity index (χ3n) is 7.60. The summed E-state index contributed by atoms with van der Waals surface area (Å²) in [6.07, 6.45) is 6.19. The van der Waals surface area contributed by atoms with Gasteiger partial charge in [0, 0.05) is 41.4 Å². The Labute approximate surface area is 223 Å². The highest BCUT2D eigenvalue weighted by atomic mass is 16.5. The van der Waals surface area contributed by atoms with E-state index in [9.17, 15) is 4.79 Å². The highest BCUT2D eigenvalue weighted by Gasteiger charge is 2.31. The number of rotatable bonds is 7. The summed E-state index contributed by atoms with van der Waals surface area (Å²) in [5.41, 5.74) is 11.5. The SMILES string of the molecule is COc1cc(C2Cc3nccc(-c4cc(C(=O)N[C@@H]5CCCC[C@@H]5N)ccc4C)c3O2)cc(OC)c1OC. The molecule has 1 saturated carbocycles. The van der Waals surface area contributed by atoms with Gasteiger partial charge in [0.15, 0.2) is 11.5 Å². The molecule has 3 N–H and O–H groups in total. The molecule has 38 heavy (non-hydrogen) atoms.